The summed E-state index contributed by atoms with van der Waals surface area (Å²) >= 11 is 0. The Bertz CT molecular complexity index is 1120. The molecule has 4 rings (SSSR count). The van der Waals surface area contributed by atoms with E-state index in [9.17, 15) is 22.4 Å². The van der Waals surface area contributed by atoms with Gasteiger partial charge in [0.25, 0.3) is 5.91 Å². The first-order valence-corrected chi connectivity index (χ1v) is 12.3. The van der Waals surface area contributed by atoms with E-state index in [2.05, 4.69) is 5.32 Å². The van der Waals surface area contributed by atoms with Crippen molar-refractivity contribution >= 4 is 21.8 Å². The lowest BCUT2D eigenvalue weighted by molar-refractivity contribution is -0.122. The summed E-state index contributed by atoms with van der Waals surface area (Å²) in [5, 5.41) is 2.60. The number of rotatable bonds is 7. The largest absolute Gasteiger partial charge is 0.376 e. The number of halogens is 1. The van der Waals surface area contributed by atoms with E-state index in [1.54, 1.807) is 17.0 Å². The molecule has 2 amide bonds. The summed E-state index contributed by atoms with van der Waals surface area (Å²) in [6.45, 7) is 1.43. The van der Waals surface area contributed by atoms with Gasteiger partial charge in [-0.1, -0.05) is 12.1 Å². The number of hydrogen-bond acceptors (Lipinski definition) is 5. The highest BCUT2D eigenvalue weighted by Crippen LogP contribution is 2.21. The molecule has 1 unspecified atom stereocenters. The zero-order valence-electron chi connectivity index (χ0n) is 18.1. The Balaban J connectivity index is 1.53. The van der Waals surface area contributed by atoms with Crippen molar-refractivity contribution in [1.29, 1.82) is 0 Å². The molecule has 8 nitrogen and oxygen atoms in total. The maximum atomic E-state index is 13.7. The van der Waals surface area contributed by atoms with Crippen molar-refractivity contribution < 1.29 is 27.1 Å². The van der Waals surface area contributed by atoms with Gasteiger partial charge in [-0.15, -0.1) is 0 Å². The van der Waals surface area contributed by atoms with E-state index in [0.29, 0.717) is 24.3 Å². The second kappa shape index (κ2) is 9.98. The van der Waals surface area contributed by atoms with Gasteiger partial charge in [-0.05, 0) is 54.8 Å². The molecule has 1 N–H and O–H groups in total. The van der Waals surface area contributed by atoms with Gasteiger partial charge < -0.3 is 15.0 Å². The second-order valence-corrected chi connectivity index (χ2v) is 10.1. The van der Waals surface area contributed by atoms with Crippen LogP contribution >= 0.6 is 0 Å². The minimum Gasteiger partial charge on any atom is -0.376 e. The summed E-state index contributed by atoms with van der Waals surface area (Å²) in [6.07, 6.45) is 1.67. The Morgan fingerprint density at radius 1 is 1.21 bits per heavy atom. The molecule has 0 bridgehead atoms. The first-order valence-electron chi connectivity index (χ1n) is 10.9. The monoisotopic (exact) mass is 475 g/mol. The molecule has 33 heavy (non-hydrogen) atoms. The van der Waals surface area contributed by atoms with Crippen molar-refractivity contribution in [2.75, 3.05) is 32.8 Å². The third-order valence-electron chi connectivity index (χ3n) is 5.74. The number of piperazine rings is 1. The molecule has 2 aromatic rings. The molecule has 2 saturated heterocycles. The highest BCUT2D eigenvalue weighted by atomic mass is 32.2. The van der Waals surface area contributed by atoms with Gasteiger partial charge in [-0.2, -0.15) is 4.31 Å². The van der Waals surface area contributed by atoms with E-state index in [1.165, 1.54) is 36.4 Å². The second-order valence-electron chi connectivity index (χ2n) is 8.16. The van der Waals surface area contributed by atoms with Gasteiger partial charge in [0, 0.05) is 38.3 Å². The fraction of sp³-hybridized carbons (Fsp3) is 0.391. The van der Waals surface area contributed by atoms with Crippen LogP contribution in [0.25, 0.3) is 0 Å². The fourth-order valence-corrected chi connectivity index (χ4v) is 5.43. The van der Waals surface area contributed by atoms with Crippen LogP contribution in [0.1, 0.15) is 28.8 Å². The van der Waals surface area contributed by atoms with Crippen molar-refractivity contribution in [2.24, 2.45) is 0 Å². The molecule has 2 fully saturated rings. The van der Waals surface area contributed by atoms with Crippen LogP contribution < -0.4 is 5.32 Å². The van der Waals surface area contributed by atoms with Crippen molar-refractivity contribution in [3.8, 4) is 0 Å². The smallest absolute Gasteiger partial charge is 0.254 e. The number of nitrogens with zero attached hydrogens (tertiary/aromatic N) is 2. The van der Waals surface area contributed by atoms with E-state index in [0.717, 1.165) is 17.1 Å². The van der Waals surface area contributed by atoms with Crippen molar-refractivity contribution in [2.45, 2.75) is 30.4 Å². The quantitative estimate of drug-likeness (QED) is 0.659. The Hall–Kier alpha value is -2.82. The van der Waals surface area contributed by atoms with Crippen LogP contribution in [-0.4, -0.2) is 68.3 Å². The minimum atomic E-state index is -3.84. The third-order valence-corrected chi connectivity index (χ3v) is 7.60. The van der Waals surface area contributed by atoms with Crippen LogP contribution in [0, 0.1) is 5.82 Å². The Morgan fingerprint density at radius 3 is 2.67 bits per heavy atom. The van der Waals surface area contributed by atoms with Crippen LogP contribution in [0.5, 0.6) is 0 Å². The number of nitrogens with one attached hydrogen (secondary N) is 1. The fourth-order valence-electron chi connectivity index (χ4n) is 4.03. The lowest BCUT2D eigenvalue weighted by Gasteiger charge is -2.27. The number of carbonyl (C=O) groups is 2. The molecular formula is C23H26FN3O5S. The summed E-state index contributed by atoms with van der Waals surface area (Å²) in [5.74, 6) is -1.02. The standard InChI is InChI=1S/C23H26FN3O5S/c24-19-4-1-3-17(13-19)14-26(15-20-5-2-12-32-20)23(29)18-6-8-21(9-7-18)33(30,31)27-11-10-25-22(28)16-27/h1,3-4,6-9,13,20H,2,5,10-12,14-16H2,(H,25,28). The number of ether oxygens (including phenoxy) is 1. The molecule has 0 radical (unpaired) electrons. The van der Waals surface area contributed by atoms with Crippen LogP contribution in [0.4, 0.5) is 4.39 Å². The average Bonchev–Trinajstić information content (AvgIpc) is 3.31. The molecule has 1 atom stereocenters. The van der Waals surface area contributed by atoms with Crippen LogP contribution in [-0.2, 0) is 26.1 Å². The summed E-state index contributed by atoms with van der Waals surface area (Å²) in [5.41, 5.74) is 0.976. The van der Waals surface area contributed by atoms with Crippen LogP contribution in [0.15, 0.2) is 53.4 Å². The maximum Gasteiger partial charge on any atom is 0.254 e. The molecular weight excluding hydrogens is 449 g/mol. The van der Waals surface area contributed by atoms with Crippen molar-refractivity contribution in [3.63, 3.8) is 0 Å². The normalized spacial score (nSPS) is 19.3. The number of amides is 2. The van der Waals surface area contributed by atoms with Gasteiger partial charge in [0.05, 0.1) is 17.5 Å². The van der Waals surface area contributed by atoms with Gasteiger partial charge in [0.1, 0.15) is 5.82 Å². The molecule has 0 aromatic heterocycles. The van der Waals surface area contributed by atoms with E-state index in [1.807, 2.05) is 0 Å². The van der Waals surface area contributed by atoms with Gasteiger partial charge >= 0.3 is 0 Å². The molecule has 2 aromatic carbocycles. The first kappa shape index (κ1) is 23.3. The maximum absolute atomic E-state index is 13.7. The molecule has 176 valence electrons. The SMILES string of the molecule is O=C1CN(S(=O)(=O)c2ccc(C(=O)N(Cc3cccc(F)c3)CC3CCCO3)cc2)CCN1. The summed E-state index contributed by atoms with van der Waals surface area (Å²) in [7, 11) is -3.84. The summed E-state index contributed by atoms with van der Waals surface area (Å²) in [6, 6.07) is 11.8. The van der Waals surface area contributed by atoms with E-state index in [4.69, 9.17) is 4.74 Å². The summed E-state index contributed by atoms with van der Waals surface area (Å²) in [4.78, 5) is 26.5. The van der Waals surface area contributed by atoms with Crippen molar-refractivity contribution in [3.05, 3.63) is 65.5 Å². The zero-order valence-corrected chi connectivity index (χ0v) is 18.9. The minimum absolute atomic E-state index is 0.0181. The first-order chi connectivity index (χ1) is 15.8. The molecule has 0 spiro atoms. The number of carbonyl (C=O) groups excluding carboxylic acids is 2. The van der Waals surface area contributed by atoms with Crippen LogP contribution in [0.2, 0.25) is 0 Å². The van der Waals surface area contributed by atoms with E-state index in [-0.39, 0.29) is 54.8 Å². The lowest BCUT2D eigenvalue weighted by atomic mass is 10.1. The Labute approximate surface area is 192 Å². The number of sulfonamides is 1. The Kier molecular flexibility index (Phi) is 7.06. The lowest BCUT2D eigenvalue weighted by Crippen LogP contribution is -2.49. The third kappa shape index (κ3) is 5.58. The van der Waals surface area contributed by atoms with Gasteiger partial charge in [0.2, 0.25) is 15.9 Å². The molecule has 0 aliphatic carbocycles. The molecule has 2 aliphatic rings. The zero-order chi connectivity index (χ0) is 23.4. The van der Waals surface area contributed by atoms with Gasteiger partial charge in [0.15, 0.2) is 0 Å². The molecule has 2 heterocycles. The topological polar surface area (TPSA) is 96.0 Å². The van der Waals surface area contributed by atoms with E-state index >= 15 is 0 Å². The predicted octanol–water partition coefficient (Wildman–Crippen LogP) is 1.77. The molecule has 10 heteroatoms. The molecule has 0 saturated carbocycles. The van der Waals surface area contributed by atoms with Gasteiger partial charge in [-0.25, -0.2) is 12.8 Å². The molecule has 2 aliphatic heterocycles. The average molecular weight is 476 g/mol. The van der Waals surface area contributed by atoms with E-state index < -0.39 is 10.0 Å². The highest BCUT2D eigenvalue weighted by Gasteiger charge is 2.30. The highest BCUT2D eigenvalue weighted by molar-refractivity contribution is 7.89. The Morgan fingerprint density at radius 2 is 2.00 bits per heavy atom. The van der Waals surface area contributed by atoms with Crippen molar-refractivity contribution in [1.82, 2.24) is 14.5 Å². The number of benzene rings is 2. The number of hydrogen-bond donors (Lipinski definition) is 1. The van der Waals surface area contributed by atoms with Gasteiger partial charge in [-0.3, -0.25) is 9.59 Å². The van der Waals surface area contributed by atoms with Crippen LogP contribution in [0.3, 0.4) is 0 Å². The predicted molar refractivity (Wildman–Crippen MR) is 118 cm³/mol. The summed E-state index contributed by atoms with van der Waals surface area (Å²) < 4.78 is 46.2.